The summed E-state index contributed by atoms with van der Waals surface area (Å²) in [5.74, 6) is 0.355. The molecule has 0 amide bonds. The van der Waals surface area contributed by atoms with Crippen LogP contribution in [0.4, 0.5) is 17.6 Å². The van der Waals surface area contributed by atoms with Crippen molar-refractivity contribution in [3.63, 3.8) is 0 Å². The second kappa shape index (κ2) is 13.2. The fourth-order valence-electron chi connectivity index (χ4n) is 3.49. The maximum absolute atomic E-state index is 12.9. The number of sulfonamides is 1. The van der Waals surface area contributed by atoms with Gasteiger partial charge in [0.1, 0.15) is 11.9 Å². The van der Waals surface area contributed by atoms with Gasteiger partial charge in [0.15, 0.2) is 0 Å². The summed E-state index contributed by atoms with van der Waals surface area (Å²) in [5, 5.41) is 9.00. The average molecular weight is 535 g/mol. The molecule has 1 aliphatic heterocycles. The third-order valence-electron chi connectivity index (χ3n) is 5.62. The molecule has 1 heterocycles. The predicted octanol–water partition coefficient (Wildman–Crippen LogP) is 6.85. The second-order valence-electron chi connectivity index (χ2n) is 8.63. The Hall–Kier alpha value is -2.15. The fraction of sp³-hybridized carbons (Fsp3) is 0.480. The van der Waals surface area contributed by atoms with Crippen molar-refractivity contribution in [1.82, 2.24) is 4.31 Å². The van der Waals surface area contributed by atoms with Gasteiger partial charge in [-0.3, -0.25) is 0 Å². The highest BCUT2D eigenvalue weighted by atomic mass is 35.5. The molecule has 1 unspecified atom stereocenters. The second-order valence-corrected chi connectivity index (χ2v) is 11.0. The number of alkyl halides is 3. The average Bonchev–Trinajstić information content (AvgIpc) is 3.25. The van der Waals surface area contributed by atoms with E-state index in [1.807, 2.05) is 19.1 Å². The number of halogens is 5. The zero-order valence-electron chi connectivity index (χ0n) is 20.5. The van der Waals surface area contributed by atoms with Crippen molar-refractivity contribution >= 4 is 21.6 Å². The smallest absolute Gasteiger partial charge is 0.213 e. The van der Waals surface area contributed by atoms with E-state index in [1.54, 1.807) is 16.4 Å². The first-order valence-corrected chi connectivity index (χ1v) is 13.3. The normalized spacial score (nSPS) is 16.1. The van der Waals surface area contributed by atoms with Crippen LogP contribution in [0.2, 0.25) is 5.02 Å². The Balaban J connectivity index is 0.000000265. The SMILES string of the molecule is CC(C)C1CCN(S(C)(=O)=O)C1.CCc1c(F)cccc1C(F)(F)F.Cc1ccc(C#N)c(Cl)c1. The number of hydrogen-bond donors (Lipinski definition) is 0. The minimum absolute atomic E-state index is 0.0432. The van der Waals surface area contributed by atoms with Crippen LogP contribution in [0.1, 0.15) is 49.4 Å². The largest absolute Gasteiger partial charge is 0.416 e. The summed E-state index contributed by atoms with van der Waals surface area (Å²) in [5.41, 5.74) is 0.460. The molecule has 1 atom stereocenters. The van der Waals surface area contributed by atoms with E-state index in [1.165, 1.54) is 13.2 Å². The van der Waals surface area contributed by atoms with Crippen molar-refractivity contribution in [3.05, 3.63) is 69.5 Å². The zero-order chi connectivity index (χ0) is 27.0. The zero-order valence-corrected chi connectivity index (χ0v) is 22.0. The van der Waals surface area contributed by atoms with E-state index in [4.69, 9.17) is 16.9 Å². The van der Waals surface area contributed by atoms with E-state index in [2.05, 4.69) is 13.8 Å². The summed E-state index contributed by atoms with van der Waals surface area (Å²) in [6.45, 7) is 9.16. The quantitative estimate of drug-likeness (QED) is 0.404. The monoisotopic (exact) mass is 534 g/mol. The third kappa shape index (κ3) is 9.79. The van der Waals surface area contributed by atoms with Crippen LogP contribution >= 0.6 is 11.6 Å². The molecule has 0 N–H and O–H groups in total. The molecule has 0 aromatic heterocycles. The van der Waals surface area contributed by atoms with Crippen molar-refractivity contribution in [1.29, 1.82) is 5.26 Å². The molecule has 0 aliphatic carbocycles. The lowest BCUT2D eigenvalue weighted by Gasteiger charge is -2.15. The summed E-state index contributed by atoms with van der Waals surface area (Å²) >= 11 is 5.71. The van der Waals surface area contributed by atoms with Crippen LogP contribution in [0.3, 0.4) is 0 Å². The molecule has 0 radical (unpaired) electrons. The highest BCUT2D eigenvalue weighted by Gasteiger charge is 2.33. The molecule has 1 fully saturated rings. The van der Waals surface area contributed by atoms with E-state index in [9.17, 15) is 26.0 Å². The van der Waals surface area contributed by atoms with Gasteiger partial charge in [0.05, 0.1) is 22.4 Å². The summed E-state index contributed by atoms with van der Waals surface area (Å²) < 4.78 is 73.5. The van der Waals surface area contributed by atoms with Crippen LogP contribution in [0, 0.1) is 35.9 Å². The Bertz CT molecular complexity index is 1130. The Labute approximate surface area is 210 Å². The highest BCUT2D eigenvalue weighted by molar-refractivity contribution is 7.88. The molecule has 0 spiro atoms. The van der Waals surface area contributed by atoms with Crippen molar-refractivity contribution < 1.29 is 26.0 Å². The summed E-state index contributed by atoms with van der Waals surface area (Å²) in [4.78, 5) is 0. The predicted molar refractivity (Wildman–Crippen MR) is 131 cm³/mol. The molecule has 3 rings (SSSR count). The van der Waals surface area contributed by atoms with Crippen LogP contribution in [0.15, 0.2) is 36.4 Å². The molecule has 4 nitrogen and oxygen atoms in total. The van der Waals surface area contributed by atoms with Crippen molar-refractivity contribution in [2.75, 3.05) is 19.3 Å². The van der Waals surface area contributed by atoms with Gasteiger partial charge in [0.25, 0.3) is 0 Å². The van der Waals surface area contributed by atoms with Gasteiger partial charge in [-0.1, -0.05) is 44.5 Å². The van der Waals surface area contributed by atoms with Gasteiger partial charge in [-0.25, -0.2) is 17.1 Å². The van der Waals surface area contributed by atoms with Crippen LogP contribution in [0.25, 0.3) is 0 Å². The van der Waals surface area contributed by atoms with E-state index < -0.39 is 27.6 Å². The van der Waals surface area contributed by atoms with Gasteiger partial charge in [-0.15, -0.1) is 0 Å². The van der Waals surface area contributed by atoms with Gasteiger partial charge in [-0.2, -0.15) is 18.4 Å². The molecule has 35 heavy (non-hydrogen) atoms. The Morgan fingerprint density at radius 3 is 2.23 bits per heavy atom. The third-order valence-corrected chi connectivity index (χ3v) is 7.20. The molecule has 2 aromatic carbocycles. The first kappa shape index (κ1) is 30.9. The standard InChI is InChI=1S/C9H8F4.C8H6ClN.C8H17NO2S/c1-2-6-7(9(11,12)13)4-3-5-8(6)10;1-6-2-3-7(5-10)8(9)4-6;1-7(2)8-4-5-9(6-8)12(3,10)11/h3-5H,2H2,1H3;2-4H,1H3;7-8H,4-6H2,1-3H3. The van der Waals surface area contributed by atoms with E-state index in [0.29, 0.717) is 29.0 Å². The van der Waals surface area contributed by atoms with Gasteiger partial charge in [-0.05, 0) is 67.0 Å². The molecule has 0 bridgehead atoms. The number of hydrogen-bond acceptors (Lipinski definition) is 3. The van der Waals surface area contributed by atoms with Crippen molar-refractivity contribution in [2.45, 2.75) is 46.7 Å². The van der Waals surface area contributed by atoms with Gasteiger partial charge < -0.3 is 0 Å². The minimum atomic E-state index is -4.46. The van der Waals surface area contributed by atoms with Crippen LogP contribution < -0.4 is 0 Å². The number of aryl methyl sites for hydroxylation is 1. The molecule has 2 aromatic rings. The molecule has 10 heteroatoms. The Morgan fingerprint density at radius 1 is 1.23 bits per heavy atom. The Kier molecular flexibility index (Phi) is 11.7. The first-order chi connectivity index (χ1) is 16.1. The number of benzene rings is 2. The summed E-state index contributed by atoms with van der Waals surface area (Å²) in [7, 11) is -2.94. The molecule has 1 aliphatic rings. The maximum atomic E-state index is 12.9. The minimum Gasteiger partial charge on any atom is -0.213 e. The van der Waals surface area contributed by atoms with E-state index in [0.717, 1.165) is 36.7 Å². The molecular formula is C25H31ClF4N2O2S. The van der Waals surface area contributed by atoms with Crippen LogP contribution in [-0.2, 0) is 22.6 Å². The molecule has 0 saturated carbocycles. The topological polar surface area (TPSA) is 61.2 Å². The first-order valence-electron chi connectivity index (χ1n) is 11.1. The lowest BCUT2D eigenvalue weighted by Crippen LogP contribution is -2.28. The molecule has 1 saturated heterocycles. The van der Waals surface area contributed by atoms with Gasteiger partial charge >= 0.3 is 6.18 Å². The van der Waals surface area contributed by atoms with Gasteiger partial charge in [0.2, 0.25) is 10.0 Å². The lowest BCUT2D eigenvalue weighted by molar-refractivity contribution is -0.138. The maximum Gasteiger partial charge on any atom is 0.416 e. The lowest BCUT2D eigenvalue weighted by atomic mass is 9.96. The van der Waals surface area contributed by atoms with Gasteiger partial charge in [0, 0.05) is 13.1 Å². The van der Waals surface area contributed by atoms with E-state index >= 15 is 0 Å². The number of nitrogens with zero attached hydrogens (tertiary/aromatic N) is 2. The van der Waals surface area contributed by atoms with Crippen molar-refractivity contribution in [3.8, 4) is 6.07 Å². The summed E-state index contributed by atoms with van der Waals surface area (Å²) in [6.07, 6.45) is -2.12. The Morgan fingerprint density at radius 2 is 1.86 bits per heavy atom. The fourth-order valence-corrected chi connectivity index (χ4v) is 4.67. The molecular weight excluding hydrogens is 504 g/mol. The van der Waals surface area contributed by atoms with Crippen LogP contribution in [0.5, 0.6) is 0 Å². The van der Waals surface area contributed by atoms with Crippen LogP contribution in [-0.4, -0.2) is 32.1 Å². The van der Waals surface area contributed by atoms with E-state index in [-0.39, 0.29) is 12.0 Å². The number of nitriles is 1. The number of rotatable bonds is 3. The molecule has 194 valence electrons. The summed E-state index contributed by atoms with van der Waals surface area (Å²) in [6, 6.07) is 10.3. The van der Waals surface area contributed by atoms with Crippen molar-refractivity contribution in [2.24, 2.45) is 11.8 Å². The highest BCUT2D eigenvalue weighted by Crippen LogP contribution is 2.33.